The quantitative estimate of drug-likeness (QED) is 0.493. The first-order valence-electron chi connectivity index (χ1n) is 10.9. The molecular formula is C28H24N2O2. The van der Waals surface area contributed by atoms with Crippen molar-refractivity contribution in [3.8, 4) is 0 Å². The summed E-state index contributed by atoms with van der Waals surface area (Å²) in [5, 5.41) is 20.7. The number of nitrogens with zero attached hydrogens (tertiary/aromatic N) is 1. The molecule has 1 aliphatic carbocycles. The van der Waals surface area contributed by atoms with Gasteiger partial charge in [0, 0.05) is 40.4 Å². The van der Waals surface area contributed by atoms with Crippen LogP contribution < -0.4 is 4.90 Å². The fraction of sp³-hybridized carbons (Fsp3) is 0.143. The fourth-order valence-corrected chi connectivity index (χ4v) is 4.78. The van der Waals surface area contributed by atoms with Crippen molar-refractivity contribution in [3.05, 3.63) is 119 Å². The molecule has 0 amide bonds. The molecule has 0 saturated heterocycles. The zero-order valence-corrected chi connectivity index (χ0v) is 17.7. The Morgan fingerprint density at radius 3 is 2.09 bits per heavy atom. The van der Waals surface area contributed by atoms with Crippen LogP contribution in [0.1, 0.15) is 36.3 Å². The van der Waals surface area contributed by atoms with Gasteiger partial charge in [0.2, 0.25) is 0 Å². The molecule has 1 aliphatic heterocycles. The monoisotopic (exact) mass is 420 g/mol. The number of aliphatic hydroxyl groups is 1. The van der Waals surface area contributed by atoms with E-state index < -0.39 is 5.92 Å². The Labute approximate surface area is 187 Å². The third kappa shape index (κ3) is 3.34. The standard InChI is InChI=1S/C28H24N2O2/c29-28-26(27(32)20-13-6-2-7-14-20)24(19-11-4-1-5-12-19)25-22(17-10-18-23(25)31)30(28)21-15-8-3-9-16-21/h1-9,11-16,24,29,32H,10,17-18H2/t24-/m0/s1. The molecule has 2 N–H and O–H groups in total. The lowest BCUT2D eigenvalue weighted by molar-refractivity contribution is -0.116. The van der Waals surface area contributed by atoms with Gasteiger partial charge in [0.25, 0.3) is 0 Å². The molecule has 158 valence electrons. The summed E-state index contributed by atoms with van der Waals surface area (Å²) in [7, 11) is 0. The van der Waals surface area contributed by atoms with Gasteiger partial charge in [-0.25, -0.2) is 0 Å². The van der Waals surface area contributed by atoms with E-state index in [1.54, 1.807) is 0 Å². The van der Waals surface area contributed by atoms with Crippen LogP contribution in [0.5, 0.6) is 0 Å². The van der Waals surface area contributed by atoms with E-state index in [1.807, 2.05) is 95.9 Å². The third-order valence-corrected chi connectivity index (χ3v) is 6.20. The number of rotatable bonds is 3. The first-order chi connectivity index (χ1) is 15.7. The van der Waals surface area contributed by atoms with E-state index in [-0.39, 0.29) is 17.4 Å². The maximum absolute atomic E-state index is 13.3. The molecule has 0 bridgehead atoms. The number of aliphatic hydroxyl groups excluding tert-OH is 1. The summed E-state index contributed by atoms with van der Waals surface area (Å²) in [4.78, 5) is 15.2. The molecule has 0 saturated carbocycles. The fourth-order valence-electron chi connectivity index (χ4n) is 4.78. The average Bonchev–Trinajstić information content (AvgIpc) is 2.85. The van der Waals surface area contributed by atoms with Crippen LogP contribution in [-0.2, 0) is 4.79 Å². The Kier molecular flexibility index (Phi) is 5.20. The zero-order valence-electron chi connectivity index (χ0n) is 17.7. The second-order valence-electron chi connectivity index (χ2n) is 8.13. The molecule has 0 aromatic heterocycles. The molecule has 4 heteroatoms. The van der Waals surface area contributed by atoms with Crippen molar-refractivity contribution in [1.29, 1.82) is 5.41 Å². The lowest BCUT2D eigenvalue weighted by atomic mass is 9.73. The predicted octanol–water partition coefficient (Wildman–Crippen LogP) is 6.24. The summed E-state index contributed by atoms with van der Waals surface area (Å²) in [5.74, 6) is -0.145. The molecule has 3 aromatic rings. The second kappa shape index (κ2) is 8.31. The summed E-state index contributed by atoms with van der Waals surface area (Å²) in [6, 6.07) is 28.7. The molecule has 0 unspecified atom stereocenters. The first kappa shape index (κ1) is 20.0. The highest BCUT2D eigenvalue weighted by Gasteiger charge is 2.43. The summed E-state index contributed by atoms with van der Waals surface area (Å²) < 4.78 is 0. The Morgan fingerprint density at radius 2 is 1.44 bits per heavy atom. The number of nitrogens with one attached hydrogen (secondary N) is 1. The molecule has 32 heavy (non-hydrogen) atoms. The number of Topliss-reactive ketones (excluding diaryl/α,β-unsaturated/α-hetero) is 1. The van der Waals surface area contributed by atoms with Crippen LogP contribution in [0.4, 0.5) is 5.69 Å². The van der Waals surface area contributed by atoms with Crippen LogP contribution in [0.3, 0.4) is 0 Å². The second-order valence-corrected chi connectivity index (χ2v) is 8.13. The molecular weight excluding hydrogens is 396 g/mol. The van der Waals surface area contributed by atoms with Crippen molar-refractivity contribution in [2.75, 3.05) is 4.90 Å². The van der Waals surface area contributed by atoms with E-state index in [1.165, 1.54) is 0 Å². The lowest BCUT2D eigenvalue weighted by Gasteiger charge is -2.41. The zero-order chi connectivity index (χ0) is 22.1. The van der Waals surface area contributed by atoms with Gasteiger partial charge in [-0.3, -0.25) is 15.1 Å². The van der Waals surface area contributed by atoms with Crippen LogP contribution in [-0.4, -0.2) is 16.7 Å². The van der Waals surface area contributed by atoms with Gasteiger partial charge in [-0.2, -0.15) is 0 Å². The lowest BCUT2D eigenvalue weighted by Crippen LogP contribution is -2.42. The molecule has 1 atom stereocenters. The van der Waals surface area contributed by atoms with E-state index in [9.17, 15) is 15.3 Å². The molecule has 1 heterocycles. The Hall–Kier alpha value is -3.92. The van der Waals surface area contributed by atoms with Crippen molar-refractivity contribution < 1.29 is 9.90 Å². The van der Waals surface area contributed by atoms with Crippen molar-refractivity contribution in [1.82, 2.24) is 0 Å². The number of para-hydroxylation sites is 1. The Balaban J connectivity index is 1.83. The first-order valence-corrected chi connectivity index (χ1v) is 10.9. The Morgan fingerprint density at radius 1 is 0.844 bits per heavy atom. The summed E-state index contributed by atoms with van der Waals surface area (Å²) >= 11 is 0. The van der Waals surface area contributed by atoms with E-state index in [0.29, 0.717) is 23.1 Å². The molecule has 0 radical (unpaired) electrons. The van der Waals surface area contributed by atoms with Crippen LogP contribution in [0, 0.1) is 5.41 Å². The molecule has 3 aromatic carbocycles. The van der Waals surface area contributed by atoms with Crippen LogP contribution in [0.2, 0.25) is 0 Å². The van der Waals surface area contributed by atoms with Gasteiger partial charge in [-0.1, -0.05) is 78.9 Å². The minimum Gasteiger partial charge on any atom is -0.507 e. The number of carbonyl (C=O) groups is 1. The number of allylic oxidation sites excluding steroid dienone is 2. The average molecular weight is 421 g/mol. The van der Waals surface area contributed by atoms with Gasteiger partial charge in [0.05, 0.1) is 0 Å². The van der Waals surface area contributed by atoms with Crippen LogP contribution >= 0.6 is 0 Å². The smallest absolute Gasteiger partial charge is 0.161 e. The molecule has 4 nitrogen and oxygen atoms in total. The Bertz CT molecular complexity index is 1230. The van der Waals surface area contributed by atoms with Gasteiger partial charge in [0.15, 0.2) is 5.78 Å². The van der Waals surface area contributed by atoms with Gasteiger partial charge in [0.1, 0.15) is 11.6 Å². The van der Waals surface area contributed by atoms with Crippen LogP contribution in [0.25, 0.3) is 5.76 Å². The molecule has 0 fully saturated rings. The highest BCUT2D eigenvalue weighted by Crippen LogP contribution is 2.47. The van der Waals surface area contributed by atoms with Crippen molar-refractivity contribution in [2.24, 2.45) is 0 Å². The largest absolute Gasteiger partial charge is 0.507 e. The molecule has 5 rings (SSSR count). The normalized spacial score (nSPS) is 20.2. The van der Waals surface area contributed by atoms with E-state index >= 15 is 0 Å². The van der Waals surface area contributed by atoms with E-state index in [4.69, 9.17) is 0 Å². The van der Waals surface area contributed by atoms with Gasteiger partial charge >= 0.3 is 0 Å². The molecule has 0 spiro atoms. The maximum atomic E-state index is 13.3. The number of carbonyl (C=O) groups excluding carboxylic acids is 1. The minimum atomic E-state index is -0.480. The minimum absolute atomic E-state index is 0.0373. The van der Waals surface area contributed by atoms with Crippen molar-refractivity contribution in [3.63, 3.8) is 0 Å². The number of ketones is 1. The third-order valence-electron chi connectivity index (χ3n) is 6.20. The van der Waals surface area contributed by atoms with Gasteiger partial charge in [-0.15, -0.1) is 0 Å². The molecule has 2 aliphatic rings. The number of amidine groups is 1. The number of hydrogen-bond donors (Lipinski definition) is 2. The topological polar surface area (TPSA) is 64.4 Å². The summed E-state index contributed by atoms with van der Waals surface area (Å²) in [6.45, 7) is 0. The summed E-state index contributed by atoms with van der Waals surface area (Å²) in [5.41, 5.74) is 4.39. The number of benzene rings is 3. The van der Waals surface area contributed by atoms with Crippen LogP contribution in [0.15, 0.2) is 108 Å². The highest BCUT2D eigenvalue weighted by atomic mass is 16.3. The summed E-state index contributed by atoms with van der Waals surface area (Å²) in [6.07, 6.45) is 1.97. The van der Waals surface area contributed by atoms with E-state index in [0.717, 1.165) is 29.8 Å². The number of hydrogen-bond acceptors (Lipinski definition) is 3. The van der Waals surface area contributed by atoms with Gasteiger partial charge < -0.3 is 5.11 Å². The van der Waals surface area contributed by atoms with Crippen molar-refractivity contribution in [2.45, 2.75) is 25.2 Å². The SMILES string of the molecule is N=C1C(=C(O)c2ccccc2)[C@@H](c2ccccc2)C2=C(CCCC2=O)N1c1ccccc1. The van der Waals surface area contributed by atoms with E-state index in [2.05, 4.69) is 0 Å². The highest BCUT2D eigenvalue weighted by molar-refractivity contribution is 6.19. The van der Waals surface area contributed by atoms with Crippen molar-refractivity contribution >= 4 is 23.1 Å². The predicted molar refractivity (Wildman–Crippen MR) is 128 cm³/mol. The number of anilines is 1. The maximum Gasteiger partial charge on any atom is 0.161 e. The van der Waals surface area contributed by atoms with Gasteiger partial charge in [-0.05, 0) is 30.5 Å².